The van der Waals surface area contributed by atoms with Gasteiger partial charge < -0.3 is 11.1 Å². The van der Waals surface area contributed by atoms with Crippen LogP contribution in [0.5, 0.6) is 0 Å². The third-order valence-electron chi connectivity index (χ3n) is 2.06. The Morgan fingerprint density at radius 2 is 2.07 bits per heavy atom. The third-order valence-corrected chi connectivity index (χ3v) is 2.28. The summed E-state index contributed by atoms with van der Waals surface area (Å²) in [4.78, 5) is 0. The Bertz CT molecular complexity index is 284. The van der Waals surface area contributed by atoms with E-state index in [4.69, 9.17) is 17.3 Å². The summed E-state index contributed by atoms with van der Waals surface area (Å²) in [5.41, 5.74) is 6.24. The van der Waals surface area contributed by atoms with Crippen molar-refractivity contribution in [3.8, 4) is 0 Å². The van der Waals surface area contributed by atoms with Crippen molar-refractivity contribution in [1.82, 2.24) is 5.32 Å². The van der Waals surface area contributed by atoms with Gasteiger partial charge in [-0.05, 0) is 49.7 Å². The van der Waals surface area contributed by atoms with Gasteiger partial charge in [0.15, 0.2) is 0 Å². The van der Waals surface area contributed by atoms with Crippen molar-refractivity contribution in [2.75, 3.05) is 13.1 Å². The summed E-state index contributed by atoms with van der Waals surface area (Å²) >= 11 is 5.73. The topological polar surface area (TPSA) is 38.0 Å². The number of hydrogen-bond acceptors (Lipinski definition) is 2. The number of unbranched alkanes of at least 4 members (excludes halogenated alkanes) is 1. The van der Waals surface area contributed by atoms with Crippen LogP contribution in [0.2, 0.25) is 5.02 Å². The lowest BCUT2D eigenvalue weighted by Gasteiger charge is -2.05. The first-order chi connectivity index (χ1) is 7.22. The number of nitrogens with two attached hydrogens (primary N) is 1. The standard InChI is InChI=1S/C11H16ClFN2/c12-10-5-9(6-11(13)7-10)8-15-4-2-1-3-14/h5-7,15H,1-4,8,14H2. The Morgan fingerprint density at radius 3 is 2.73 bits per heavy atom. The Labute approximate surface area is 94.6 Å². The largest absolute Gasteiger partial charge is 0.330 e. The van der Waals surface area contributed by atoms with E-state index < -0.39 is 0 Å². The van der Waals surface area contributed by atoms with Crippen molar-refractivity contribution in [3.05, 3.63) is 34.6 Å². The molecule has 0 saturated carbocycles. The average Bonchev–Trinajstić information content (AvgIpc) is 2.16. The highest BCUT2D eigenvalue weighted by Gasteiger charge is 1.98. The fourth-order valence-electron chi connectivity index (χ4n) is 1.34. The SMILES string of the molecule is NCCCCNCc1cc(F)cc(Cl)c1. The highest BCUT2D eigenvalue weighted by Crippen LogP contribution is 2.13. The molecule has 0 aliphatic carbocycles. The normalized spacial score (nSPS) is 10.6. The zero-order chi connectivity index (χ0) is 11.1. The summed E-state index contributed by atoms with van der Waals surface area (Å²) in [6.07, 6.45) is 2.05. The van der Waals surface area contributed by atoms with Crippen LogP contribution in [0.3, 0.4) is 0 Å². The maximum absolute atomic E-state index is 12.9. The Hall–Kier alpha value is -0.640. The predicted octanol–water partition coefficient (Wildman–Crippen LogP) is 2.31. The van der Waals surface area contributed by atoms with E-state index in [-0.39, 0.29) is 5.82 Å². The first-order valence-corrected chi connectivity index (χ1v) is 5.46. The van der Waals surface area contributed by atoms with Gasteiger partial charge in [0.1, 0.15) is 5.82 Å². The predicted molar refractivity (Wildman–Crippen MR) is 61.4 cm³/mol. The minimum atomic E-state index is -0.291. The minimum Gasteiger partial charge on any atom is -0.330 e. The van der Waals surface area contributed by atoms with Crippen molar-refractivity contribution in [2.45, 2.75) is 19.4 Å². The molecular weight excluding hydrogens is 215 g/mol. The van der Waals surface area contributed by atoms with Crippen LogP contribution < -0.4 is 11.1 Å². The van der Waals surface area contributed by atoms with Gasteiger partial charge in [0.2, 0.25) is 0 Å². The first kappa shape index (κ1) is 12.4. The molecule has 1 aromatic carbocycles. The Morgan fingerprint density at radius 1 is 1.27 bits per heavy atom. The van der Waals surface area contributed by atoms with Crippen molar-refractivity contribution in [2.24, 2.45) is 5.73 Å². The van der Waals surface area contributed by atoms with E-state index in [0.717, 1.165) is 24.9 Å². The molecule has 0 aliphatic heterocycles. The van der Waals surface area contributed by atoms with E-state index in [2.05, 4.69) is 5.32 Å². The van der Waals surface area contributed by atoms with E-state index in [1.54, 1.807) is 6.07 Å². The van der Waals surface area contributed by atoms with Crippen molar-refractivity contribution < 1.29 is 4.39 Å². The number of rotatable bonds is 6. The molecule has 0 heterocycles. The fourth-order valence-corrected chi connectivity index (χ4v) is 1.58. The lowest BCUT2D eigenvalue weighted by molar-refractivity contribution is 0.610. The lowest BCUT2D eigenvalue weighted by atomic mass is 10.2. The maximum atomic E-state index is 12.9. The number of halogens is 2. The molecule has 15 heavy (non-hydrogen) atoms. The zero-order valence-electron chi connectivity index (χ0n) is 8.60. The summed E-state index contributed by atoms with van der Waals surface area (Å²) in [5, 5.41) is 3.65. The number of benzene rings is 1. The first-order valence-electron chi connectivity index (χ1n) is 5.08. The van der Waals surface area contributed by atoms with Crippen molar-refractivity contribution >= 4 is 11.6 Å². The second-order valence-electron chi connectivity index (χ2n) is 3.45. The van der Waals surface area contributed by atoms with Gasteiger partial charge in [-0.1, -0.05) is 11.6 Å². The van der Waals surface area contributed by atoms with Crippen LogP contribution in [0.4, 0.5) is 4.39 Å². The molecule has 4 heteroatoms. The van der Waals surface area contributed by atoms with Gasteiger partial charge in [0.25, 0.3) is 0 Å². The Balaban J connectivity index is 2.31. The molecule has 0 aromatic heterocycles. The van der Waals surface area contributed by atoms with Gasteiger partial charge in [0, 0.05) is 11.6 Å². The van der Waals surface area contributed by atoms with Gasteiger partial charge >= 0.3 is 0 Å². The quantitative estimate of drug-likeness (QED) is 0.736. The van der Waals surface area contributed by atoms with Crippen LogP contribution in [0.25, 0.3) is 0 Å². The molecule has 84 valence electrons. The molecule has 1 aromatic rings. The van der Waals surface area contributed by atoms with Crippen LogP contribution in [0.1, 0.15) is 18.4 Å². The molecular formula is C11H16ClFN2. The molecule has 1 rings (SSSR count). The molecule has 0 radical (unpaired) electrons. The smallest absolute Gasteiger partial charge is 0.125 e. The third kappa shape index (κ3) is 5.11. The van der Waals surface area contributed by atoms with Gasteiger partial charge in [0.05, 0.1) is 0 Å². The van der Waals surface area contributed by atoms with E-state index in [1.165, 1.54) is 12.1 Å². The van der Waals surface area contributed by atoms with Crippen molar-refractivity contribution in [3.63, 3.8) is 0 Å². The van der Waals surface area contributed by atoms with E-state index in [0.29, 0.717) is 18.1 Å². The van der Waals surface area contributed by atoms with Crippen LogP contribution in [-0.2, 0) is 6.54 Å². The molecule has 2 nitrogen and oxygen atoms in total. The van der Waals surface area contributed by atoms with Crippen molar-refractivity contribution in [1.29, 1.82) is 0 Å². The van der Waals surface area contributed by atoms with Crippen LogP contribution in [-0.4, -0.2) is 13.1 Å². The highest BCUT2D eigenvalue weighted by molar-refractivity contribution is 6.30. The second-order valence-corrected chi connectivity index (χ2v) is 3.89. The molecule has 0 fully saturated rings. The zero-order valence-corrected chi connectivity index (χ0v) is 9.36. The van der Waals surface area contributed by atoms with Gasteiger partial charge in [-0.15, -0.1) is 0 Å². The summed E-state index contributed by atoms with van der Waals surface area (Å²) in [6.45, 7) is 2.25. The summed E-state index contributed by atoms with van der Waals surface area (Å²) in [5.74, 6) is -0.291. The van der Waals surface area contributed by atoms with Gasteiger partial charge in [-0.3, -0.25) is 0 Å². The fraction of sp³-hybridized carbons (Fsp3) is 0.455. The molecule has 0 atom stereocenters. The average molecular weight is 231 g/mol. The van der Waals surface area contributed by atoms with Crippen LogP contribution in [0.15, 0.2) is 18.2 Å². The molecule has 0 aliphatic rings. The van der Waals surface area contributed by atoms with E-state index >= 15 is 0 Å². The van der Waals surface area contributed by atoms with Crippen LogP contribution in [0, 0.1) is 5.82 Å². The highest BCUT2D eigenvalue weighted by atomic mass is 35.5. The molecule has 0 amide bonds. The number of nitrogens with one attached hydrogen (secondary N) is 1. The molecule has 0 saturated heterocycles. The Kier molecular flexibility index (Phi) is 5.61. The lowest BCUT2D eigenvalue weighted by Crippen LogP contribution is -2.15. The summed E-state index contributed by atoms with van der Waals surface area (Å²) in [6, 6.07) is 4.56. The number of hydrogen-bond donors (Lipinski definition) is 2. The van der Waals surface area contributed by atoms with Gasteiger partial charge in [-0.25, -0.2) is 4.39 Å². The van der Waals surface area contributed by atoms with E-state index in [1.807, 2.05) is 0 Å². The summed E-state index contributed by atoms with van der Waals surface area (Å²) in [7, 11) is 0. The monoisotopic (exact) mass is 230 g/mol. The maximum Gasteiger partial charge on any atom is 0.125 e. The molecule has 0 bridgehead atoms. The summed E-state index contributed by atoms with van der Waals surface area (Å²) < 4.78 is 12.9. The molecule has 0 unspecified atom stereocenters. The molecule has 0 spiro atoms. The molecule has 3 N–H and O–H groups in total. The minimum absolute atomic E-state index is 0.291. The van der Waals surface area contributed by atoms with Gasteiger partial charge in [-0.2, -0.15) is 0 Å². The second kappa shape index (κ2) is 6.77. The van der Waals surface area contributed by atoms with E-state index in [9.17, 15) is 4.39 Å². The van der Waals surface area contributed by atoms with Crippen LogP contribution >= 0.6 is 11.6 Å².